The fourth-order valence-electron chi connectivity index (χ4n) is 2.52. The van der Waals surface area contributed by atoms with Crippen LogP contribution in [0.15, 0.2) is 12.3 Å². The Balaban J connectivity index is 1.94. The van der Waals surface area contributed by atoms with Crippen molar-refractivity contribution in [3.8, 4) is 0 Å². The summed E-state index contributed by atoms with van der Waals surface area (Å²) in [7, 11) is 0. The maximum atomic E-state index is 12.2. The highest BCUT2D eigenvalue weighted by molar-refractivity contribution is 5.87. The van der Waals surface area contributed by atoms with E-state index in [1.165, 1.54) is 6.92 Å². The number of amides is 2. The largest absolute Gasteiger partial charge is 0.369 e. The monoisotopic (exact) mass is 294 g/mol. The minimum Gasteiger partial charge on any atom is -0.369 e. The van der Waals surface area contributed by atoms with E-state index in [-0.39, 0.29) is 17.9 Å². The number of carbonyl (C=O) groups is 2. The van der Waals surface area contributed by atoms with Crippen LogP contribution in [-0.4, -0.2) is 52.3 Å². The van der Waals surface area contributed by atoms with E-state index < -0.39 is 6.10 Å². The van der Waals surface area contributed by atoms with Crippen LogP contribution in [0.2, 0.25) is 0 Å². The number of carbonyl (C=O) groups excluding carboxylic acids is 2. The molecule has 0 bridgehead atoms. The van der Waals surface area contributed by atoms with E-state index in [1.807, 2.05) is 22.7 Å². The molecule has 7 nitrogen and oxygen atoms in total. The molecule has 1 saturated heterocycles. The number of hydrogen-bond acceptors (Lipinski definition) is 4. The zero-order chi connectivity index (χ0) is 15.4. The Hall–Kier alpha value is -1.89. The van der Waals surface area contributed by atoms with Gasteiger partial charge in [0.05, 0.1) is 6.04 Å². The first kappa shape index (κ1) is 15.5. The third-order valence-corrected chi connectivity index (χ3v) is 3.53. The summed E-state index contributed by atoms with van der Waals surface area (Å²) < 4.78 is 7.15. The lowest BCUT2D eigenvalue weighted by Crippen LogP contribution is -2.37. The second kappa shape index (κ2) is 6.71. The van der Waals surface area contributed by atoms with Crippen LogP contribution in [-0.2, 0) is 14.3 Å². The van der Waals surface area contributed by atoms with Crippen LogP contribution in [0.1, 0.15) is 33.2 Å². The molecule has 1 aliphatic heterocycles. The molecule has 116 valence electrons. The van der Waals surface area contributed by atoms with Crippen molar-refractivity contribution in [1.82, 2.24) is 14.7 Å². The first-order valence-electron chi connectivity index (χ1n) is 7.24. The summed E-state index contributed by atoms with van der Waals surface area (Å²) in [6, 6.07) is 1.90. The Labute approximate surface area is 124 Å². The minimum absolute atomic E-state index is 0.0218. The first-order valence-corrected chi connectivity index (χ1v) is 7.24. The molecule has 1 N–H and O–H groups in total. The summed E-state index contributed by atoms with van der Waals surface area (Å²) in [4.78, 5) is 25.0. The highest BCUT2D eigenvalue weighted by Crippen LogP contribution is 2.22. The predicted molar refractivity (Wildman–Crippen MR) is 77.9 cm³/mol. The van der Waals surface area contributed by atoms with Gasteiger partial charge >= 0.3 is 0 Å². The van der Waals surface area contributed by atoms with Crippen molar-refractivity contribution in [2.24, 2.45) is 0 Å². The van der Waals surface area contributed by atoms with Crippen LogP contribution in [0.25, 0.3) is 0 Å². The van der Waals surface area contributed by atoms with Crippen LogP contribution < -0.4 is 5.32 Å². The molecule has 2 atom stereocenters. The number of anilines is 1. The summed E-state index contributed by atoms with van der Waals surface area (Å²) in [6.45, 7) is 6.97. The summed E-state index contributed by atoms with van der Waals surface area (Å²) in [5.74, 6) is 0.414. The van der Waals surface area contributed by atoms with E-state index >= 15 is 0 Å². The van der Waals surface area contributed by atoms with Crippen LogP contribution in [0.5, 0.6) is 0 Å². The quantitative estimate of drug-likeness (QED) is 0.880. The Morgan fingerprint density at radius 1 is 1.57 bits per heavy atom. The molecule has 0 aliphatic carbocycles. The van der Waals surface area contributed by atoms with E-state index in [0.29, 0.717) is 25.5 Å². The zero-order valence-corrected chi connectivity index (χ0v) is 12.7. The molecule has 0 saturated carbocycles. The highest BCUT2D eigenvalue weighted by atomic mass is 16.5. The van der Waals surface area contributed by atoms with Crippen molar-refractivity contribution < 1.29 is 14.3 Å². The first-order chi connectivity index (χ1) is 10.0. The minimum atomic E-state index is -0.402. The molecule has 1 fully saturated rings. The number of hydrogen-bond donors (Lipinski definition) is 1. The average molecular weight is 294 g/mol. The maximum absolute atomic E-state index is 12.2. The van der Waals surface area contributed by atoms with Gasteiger partial charge in [-0.25, -0.2) is 0 Å². The number of nitrogens with zero attached hydrogens (tertiary/aromatic N) is 3. The normalized spacial score (nSPS) is 19.6. The molecule has 7 heteroatoms. The molecular formula is C14H22N4O3. The van der Waals surface area contributed by atoms with Gasteiger partial charge in [0.25, 0.3) is 5.91 Å². The summed E-state index contributed by atoms with van der Waals surface area (Å²) >= 11 is 0. The van der Waals surface area contributed by atoms with Gasteiger partial charge in [0.1, 0.15) is 6.10 Å². The highest BCUT2D eigenvalue weighted by Gasteiger charge is 2.30. The molecule has 2 rings (SSSR count). The maximum Gasteiger partial charge on any atom is 0.251 e. The fourth-order valence-corrected chi connectivity index (χ4v) is 2.52. The molecule has 0 aromatic carbocycles. The Bertz CT molecular complexity index is 514. The second-order valence-electron chi connectivity index (χ2n) is 5.19. The van der Waals surface area contributed by atoms with Crippen LogP contribution in [0.3, 0.4) is 0 Å². The van der Waals surface area contributed by atoms with Crippen LogP contribution in [0.4, 0.5) is 5.82 Å². The summed E-state index contributed by atoms with van der Waals surface area (Å²) in [5, 5.41) is 6.97. The smallest absolute Gasteiger partial charge is 0.251 e. The molecule has 0 spiro atoms. The third kappa shape index (κ3) is 3.81. The van der Waals surface area contributed by atoms with E-state index in [1.54, 1.807) is 13.0 Å². The van der Waals surface area contributed by atoms with Gasteiger partial charge in [-0.2, -0.15) is 5.10 Å². The SMILES string of the molecule is CCO[C@H](C)C(=O)N1CC[C@H](n2ccc(NC(C)=O)n2)C1. The van der Waals surface area contributed by atoms with Gasteiger partial charge in [0.2, 0.25) is 5.91 Å². The van der Waals surface area contributed by atoms with Crippen molar-refractivity contribution in [1.29, 1.82) is 0 Å². The lowest BCUT2D eigenvalue weighted by Gasteiger charge is -2.20. The van der Waals surface area contributed by atoms with E-state index in [4.69, 9.17) is 4.74 Å². The molecule has 1 aromatic heterocycles. The third-order valence-electron chi connectivity index (χ3n) is 3.53. The molecular weight excluding hydrogens is 272 g/mol. The van der Waals surface area contributed by atoms with E-state index in [9.17, 15) is 9.59 Å². The van der Waals surface area contributed by atoms with Gasteiger partial charge in [-0.05, 0) is 20.3 Å². The van der Waals surface area contributed by atoms with Gasteiger partial charge in [-0.1, -0.05) is 0 Å². The zero-order valence-electron chi connectivity index (χ0n) is 12.7. The van der Waals surface area contributed by atoms with Gasteiger partial charge in [0.15, 0.2) is 5.82 Å². The fraction of sp³-hybridized carbons (Fsp3) is 0.643. The van der Waals surface area contributed by atoms with Crippen molar-refractivity contribution in [2.45, 2.75) is 39.3 Å². The molecule has 1 aliphatic rings. The van der Waals surface area contributed by atoms with Gasteiger partial charge < -0.3 is 15.0 Å². The second-order valence-corrected chi connectivity index (χ2v) is 5.19. The molecule has 0 unspecified atom stereocenters. The van der Waals surface area contributed by atoms with Gasteiger partial charge in [-0.15, -0.1) is 0 Å². The predicted octanol–water partition coefficient (Wildman–Crippen LogP) is 1.04. The molecule has 0 radical (unpaired) electrons. The van der Waals surface area contributed by atoms with Gasteiger partial charge in [0, 0.05) is 38.9 Å². The molecule has 2 heterocycles. The number of ether oxygens (including phenoxy) is 1. The van der Waals surface area contributed by atoms with Crippen LogP contribution in [0, 0.1) is 0 Å². The Kier molecular flexibility index (Phi) is 4.95. The van der Waals surface area contributed by atoms with Crippen molar-refractivity contribution in [2.75, 3.05) is 25.0 Å². The number of aromatic nitrogens is 2. The number of nitrogens with one attached hydrogen (secondary N) is 1. The molecule has 1 aromatic rings. The number of likely N-dealkylation sites (tertiary alicyclic amines) is 1. The van der Waals surface area contributed by atoms with Crippen molar-refractivity contribution in [3.63, 3.8) is 0 Å². The Morgan fingerprint density at radius 3 is 3.00 bits per heavy atom. The number of rotatable bonds is 5. The van der Waals surface area contributed by atoms with E-state index in [0.717, 1.165) is 6.42 Å². The van der Waals surface area contributed by atoms with E-state index in [2.05, 4.69) is 10.4 Å². The lowest BCUT2D eigenvalue weighted by molar-refractivity contribution is -0.141. The van der Waals surface area contributed by atoms with Crippen molar-refractivity contribution >= 4 is 17.6 Å². The Morgan fingerprint density at radius 2 is 2.33 bits per heavy atom. The standard InChI is InChI=1S/C14H22N4O3/c1-4-21-10(2)14(20)17-7-5-12(9-17)18-8-6-13(16-18)15-11(3)19/h6,8,10,12H,4-5,7,9H2,1-3H3,(H,15,16,19)/t10-,12+/m1/s1. The lowest BCUT2D eigenvalue weighted by atomic mass is 10.3. The van der Waals surface area contributed by atoms with Crippen LogP contribution >= 0.6 is 0 Å². The van der Waals surface area contributed by atoms with Crippen molar-refractivity contribution in [3.05, 3.63) is 12.3 Å². The average Bonchev–Trinajstić information content (AvgIpc) is 3.05. The van der Waals surface area contributed by atoms with Gasteiger partial charge in [-0.3, -0.25) is 14.3 Å². The summed E-state index contributed by atoms with van der Waals surface area (Å²) in [5.41, 5.74) is 0. The summed E-state index contributed by atoms with van der Waals surface area (Å²) in [6.07, 6.45) is 2.28. The molecule has 21 heavy (non-hydrogen) atoms. The molecule has 2 amide bonds. The topological polar surface area (TPSA) is 76.5 Å².